The quantitative estimate of drug-likeness (QED) is 0.560. The van der Waals surface area contributed by atoms with Gasteiger partial charge in [-0.1, -0.05) is 22.9 Å². The Kier molecular flexibility index (Phi) is 3.48. The number of nitrogens with zero attached hydrogens (tertiary/aromatic N) is 4. The molecule has 0 fully saturated rings. The Labute approximate surface area is 141 Å². The summed E-state index contributed by atoms with van der Waals surface area (Å²) in [6, 6.07) is 15.3. The summed E-state index contributed by atoms with van der Waals surface area (Å²) in [5.41, 5.74) is 1.94. The first kappa shape index (κ1) is 14.2. The Morgan fingerprint density at radius 1 is 0.957 bits per heavy atom. The molecule has 0 aliphatic carbocycles. The van der Waals surface area contributed by atoms with Gasteiger partial charge in [0.15, 0.2) is 5.82 Å². The van der Waals surface area contributed by atoms with Crippen molar-refractivity contribution in [1.82, 2.24) is 19.8 Å². The van der Waals surface area contributed by atoms with Crippen LogP contribution in [0, 0.1) is 0 Å². The highest BCUT2D eigenvalue weighted by atomic mass is 35.5. The average molecular weight is 343 g/mol. The van der Waals surface area contributed by atoms with Gasteiger partial charge in [0.05, 0.1) is 7.11 Å². The van der Waals surface area contributed by atoms with E-state index in [9.17, 15) is 0 Å². The highest BCUT2D eigenvalue weighted by Crippen LogP contribution is 2.29. The van der Waals surface area contributed by atoms with Crippen molar-refractivity contribution in [3.8, 4) is 27.7 Å². The van der Waals surface area contributed by atoms with E-state index in [4.69, 9.17) is 16.3 Å². The molecular weight excluding hydrogens is 332 g/mol. The maximum Gasteiger partial charge on any atom is 0.235 e. The third-order valence-electron chi connectivity index (χ3n) is 3.43. The van der Waals surface area contributed by atoms with Gasteiger partial charge < -0.3 is 4.74 Å². The zero-order chi connectivity index (χ0) is 15.8. The first-order chi connectivity index (χ1) is 11.2. The van der Waals surface area contributed by atoms with Gasteiger partial charge in [-0.25, -0.2) is 0 Å². The number of hydrogen-bond donors (Lipinski definition) is 0. The molecule has 2 heterocycles. The predicted octanol–water partition coefficient (Wildman–Crippen LogP) is 4.18. The second kappa shape index (κ2) is 5.64. The van der Waals surface area contributed by atoms with Crippen molar-refractivity contribution in [3.63, 3.8) is 0 Å². The fourth-order valence-corrected chi connectivity index (χ4v) is 3.22. The molecule has 0 radical (unpaired) electrons. The molecule has 0 bridgehead atoms. The minimum Gasteiger partial charge on any atom is -0.497 e. The molecule has 0 atom stereocenters. The summed E-state index contributed by atoms with van der Waals surface area (Å²) in [5, 5.41) is 14.6. The highest BCUT2D eigenvalue weighted by Gasteiger charge is 2.14. The Morgan fingerprint density at radius 2 is 1.65 bits per heavy atom. The van der Waals surface area contributed by atoms with Gasteiger partial charge in [0, 0.05) is 16.1 Å². The Hall–Kier alpha value is -2.44. The van der Waals surface area contributed by atoms with Gasteiger partial charge in [-0.3, -0.25) is 0 Å². The van der Waals surface area contributed by atoms with Crippen LogP contribution >= 0.6 is 22.9 Å². The van der Waals surface area contributed by atoms with E-state index in [1.54, 1.807) is 11.6 Å². The minimum absolute atomic E-state index is 0.687. The molecule has 4 aromatic rings. The molecule has 4 rings (SSSR count). The van der Waals surface area contributed by atoms with Crippen LogP contribution in [-0.4, -0.2) is 26.9 Å². The van der Waals surface area contributed by atoms with Crippen LogP contribution in [0.25, 0.3) is 26.9 Å². The molecule has 114 valence electrons. The molecule has 2 aromatic carbocycles. The largest absolute Gasteiger partial charge is 0.497 e. The maximum absolute atomic E-state index is 5.93. The molecule has 0 aliphatic heterocycles. The molecule has 0 aliphatic rings. The van der Waals surface area contributed by atoms with E-state index in [2.05, 4.69) is 15.3 Å². The summed E-state index contributed by atoms with van der Waals surface area (Å²) in [6.07, 6.45) is 0. The number of benzene rings is 2. The topological polar surface area (TPSA) is 52.3 Å². The smallest absolute Gasteiger partial charge is 0.235 e. The van der Waals surface area contributed by atoms with E-state index in [-0.39, 0.29) is 0 Å². The predicted molar refractivity (Wildman–Crippen MR) is 91.1 cm³/mol. The molecule has 23 heavy (non-hydrogen) atoms. The van der Waals surface area contributed by atoms with Crippen LogP contribution in [0.3, 0.4) is 0 Å². The lowest BCUT2D eigenvalue weighted by molar-refractivity contribution is 0.415. The lowest BCUT2D eigenvalue weighted by Gasteiger charge is -2.00. The zero-order valence-corrected chi connectivity index (χ0v) is 13.7. The van der Waals surface area contributed by atoms with Crippen molar-refractivity contribution >= 4 is 27.9 Å². The summed E-state index contributed by atoms with van der Waals surface area (Å²) in [6.45, 7) is 0. The first-order valence-corrected chi connectivity index (χ1v) is 8.06. The van der Waals surface area contributed by atoms with E-state index < -0.39 is 0 Å². The van der Waals surface area contributed by atoms with Crippen LogP contribution in [-0.2, 0) is 0 Å². The van der Waals surface area contributed by atoms with Crippen molar-refractivity contribution in [2.24, 2.45) is 0 Å². The highest BCUT2D eigenvalue weighted by molar-refractivity contribution is 7.19. The van der Waals surface area contributed by atoms with Gasteiger partial charge in [0.2, 0.25) is 4.96 Å². The van der Waals surface area contributed by atoms with Gasteiger partial charge in [0.25, 0.3) is 0 Å². The lowest BCUT2D eigenvalue weighted by Crippen LogP contribution is -1.91. The number of aromatic nitrogens is 4. The van der Waals surface area contributed by atoms with Crippen LogP contribution in [0.5, 0.6) is 5.75 Å². The number of hydrogen-bond acceptors (Lipinski definition) is 5. The summed E-state index contributed by atoms with van der Waals surface area (Å²) < 4.78 is 6.94. The van der Waals surface area contributed by atoms with Crippen LogP contribution in [0.2, 0.25) is 5.02 Å². The first-order valence-electron chi connectivity index (χ1n) is 6.87. The second-order valence-corrected chi connectivity index (χ2v) is 6.25. The van der Waals surface area contributed by atoms with Gasteiger partial charge >= 0.3 is 0 Å². The Balaban J connectivity index is 1.77. The number of ether oxygens (including phenoxy) is 1. The normalized spacial score (nSPS) is 11.0. The zero-order valence-electron chi connectivity index (χ0n) is 12.1. The van der Waals surface area contributed by atoms with E-state index in [1.807, 2.05) is 48.5 Å². The van der Waals surface area contributed by atoms with Crippen molar-refractivity contribution in [1.29, 1.82) is 0 Å². The fourth-order valence-electron chi connectivity index (χ4n) is 2.25. The van der Waals surface area contributed by atoms with Crippen molar-refractivity contribution in [3.05, 3.63) is 53.6 Å². The summed E-state index contributed by atoms with van der Waals surface area (Å²) in [4.78, 5) is 0.751. The van der Waals surface area contributed by atoms with Gasteiger partial charge in [-0.15, -0.1) is 10.2 Å². The van der Waals surface area contributed by atoms with Gasteiger partial charge in [-0.2, -0.15) is 9.61 Å². The molecule has 0 N–H and O–H groups in total. The SMILES string of the molecule is COc1ccc(-c2nn3c(-c4ccc(Cl)cc4)nnc3s2)cc1. The lowest BCUT2D eigenvalue weighted by atomic mass is 10.2. The van der Waals surface area contributed by atoms with E-state index in [1.165, 1.54) is 11.3 Å². The molecule has 0 saturated carbocycles. The van der Waals surface area contributed by atoms with Crippen LogP contribution in [0.15, 0.2) is 48.5 Å². The standard InChI is InChI=1S/C16H11ClN4OS/c1-22-13-8-4-11(5-9-13)15-20-21-14(18-19-16(21)23-15)10-2-6-12(17)7-3-10/h2-9H,1H3. The summed E-state index contributed by atoms with van der Waals surface area (Å²) in [7, 11) is 1.65. The van der Waals surface area contributed by atoms with Crippen molar-refractivity contribution < 1.29 is 4.74 Å². The van der Waals surface area contributed by atoms with E-state index >= 15 is 0 Å². The number of halogens is 1. The molecule has 0 saturated heterocycles. The van der Waals surface area contributed by atoms with Crippen molar-refractivity contribution in [2.45, 2.75) is 0 Å². The minimum atomic E-state index is 0.687. The van der Waals surface area contributed by atoms with Crippen molar-refractivity contribution in [2.75, 3.05) is 7.11 Å². The number of methoxy groups -OCH3 is 1. The average Bonchev–Trinajstić information content (AvgIpc) is 3.16. The fraction of sp³-hybridized carbons (Fsp3) is 0.0625. The number of rotatable bonds is 3. The maximum atomic E-state index is 5.93. The third-order valence-corrected chi connectivity index (χ3v) is 4.63. The second-order valence-electron chi connectivity index (χ2n) is 4.86. The number of fused-ring (bicyclic) bond motifs is 1. The monoisotopic (exact) mass is 342 g/mol. The van der Waals surface area contributed by atoms with Crippen LogP contribution in [0.1, 0.15) is 0 Å². The molecular formula is C16H11ClN4OS. The van der Waals surface area contributed by atoms with E-state index in [0.717, 1.165) is 26.8 Å². The van der Waals surface area contributed by atoms with Crippen LogP contribution in [0.4, 0.5) is 0 Å². The molecule has 0 unspecified atom stereocenters. The Morgan fingerprint density at radius 3 is 2.35 bits per heavy atom. The summed E-state index contributed by atoms with van der Waals surface area (Å²) in [5.74, 6) is 1.52. The molecule has 0 amide bonds. The molecule has 5 nitrogen and oxygen atoms in total. The summed E-state index contributed by atoms with van der Waals surface area (Å²) >= 11 is 7.43. The van der Waals surface area contributed by atoms with Crippen LogP contribution < -0.4 is 4.74 Å². The van der Waals surface area contributed by atoms with Gasteiger partial charge in [0.1, 0.15) is 10.8 Å². The molecule has 2 aromatic heterocycles. The molecule has 7 heteroatoms. The van der Waals surface area contributed by atoms with E-state index in [0.29, 0.717) is 10.8 Å². The Bertz CT molecular complexity index is 960. The van der Waals surface area contributed by atoms with Gasteiger partial charge in [-0.05, 0) is 48.5 Å². The molecule has 0 spiro atoms. The third kappa shape index (κ3) is 2.56.